The van der Waals surface area contributed by atoms with Crippen LogP contribution in [0.4, 0.5) is 11.4 Å². The number of aromatic carboxylic acids is 2. The Kier molecular flexibility index (Phi) is 4.23. The van der Waals surface area contributed by atoms with E-state index in [2.05, 4.69) is 27.9 Å². The van der Waals surface area contributed by atoms with Crippen LogP contribution in [0.1, 0.15) is 20.7 Å². The molecule has 0 atom stereocenters. The fraction of sp³-hybridized carbons (Fsp3) is 0. The van der Waals surface area contributed by atoms with Crippen LogP contribution in [0.3, 0.4) is 0 Å². The van der Waals surface area contributed by atoms with Crippen LogP contribution in [-0.2, 0) is 0 Å². The molecule has 2 rings (SSSR count). The van der Waals surface area contributed by atoms with Crippen LogP contribution in [0.5, 0.6) is 0 Å². The van der Waals surface area contributed by atoms with Gasteiger partial charge < -0.3 is 15.5 Å². The Labute approximate surface area is 128 Å². The Balaban J connectivity index is 2.47. The first kappa shape index (κ1) is 14.3. The second kappa shape index (κ2) is 5.91. The van der Waals surface area contributed by atoms with Gasteiger partial charge in [-0.15, -0.1) is 0 Å². The van der Waals surface area contributed by atoms with Crippen LogP contribution in [0.25, 0.3) is 0 Å². The Bertz CT molecular complexity index is 685. The summed E-state index contributed by atoms with van der Waals surface area (Å²) < 4.78 is 0.850. The number of benzene rings is 2. The van der Waals surface area contributed by atoms with Crippen molar-refractivity contribution < 1.29 is 19.8 Å². The number of carboxylic acid groups (broad SMARTS) is 2. The molecule has 0 radical (unpaired) electrons. The van der Waals surface area contributed by atoms with E-state index in [9.17, 15) is 9.59 Å². The van der Waals surface area contributed by atoms with E-state index in [4.69, 9.17) is 10.2 Å². The fourth-order valence-electron chi connectivity index (χ4n) is 1.73. The van der Waals surface area contributed by atoms with Gasteiger partial charge in [-0.3, -0.25) is 0 Å². The predicted molar refractivity (Wildman–Crippen MR) is 82.8 cm³/mol. The summed E-state index contributed by atoms with van der Waals surface area (Å²) in [5, 5.41) is 21.2. The molecule has 0 aliphatic heterocycles. The van der Waals surface area contributed by atoms with Crippen LogP contribution < -0.4 is 5.32 Å². The zero-order valence-electron chi connectivity index (χ0n) is 10.1. The molecule has 0 aliphatic rings. The van der Waals surface area contributed by atoms with E-state index in [1.807, 2.05) is 0 Å². The zero-order chi connectivity index (χ0) is 14.7. The van der Waals surface area contributed by atoms with Crippen LogP contribution in [0.2, 0.25) is 0 Å². The Hall–Kier alpha value is -2.09. The number of para-hydroxylation sites is 1. The molecule has 6 heteroatoms. The quantitative estimate of drug-likeness (QED) is 0.705. The number of carbonyl (C=O) groups is 2. The van der Waals surface area contributed by atoms with Gasteiger partial charge in [-0.1, -0.05) is 12.1 Å². The Morgan fingerprint density at radius 2 is 1.50 bits per heavy atom. The lowest BCUT2D eigenvalue weighted by molar-refractivity contribution is 0.0688. The van der Waals surface area contributed by atoms with Gasteiger partial charge in [0.25, 0.3) is 0 Å². The molecule has 20 heavy (non-hydrogen) atoms. The standard InChI is InChI=1S/C14H10INO4/c15-8-5-6-10(14(19)20)12(7-8)16-11-4-2-1-3-9(11)13(17)18/h1-7,16H,(H,17,18)(H,19,20). The van der Waals surface area contributed by atoms with Gasteiger partial charge in [0.2, 0.25) is 0 Å². The molecule has 0 heterocycles. The molecule has 0 aromatic heterocycles. The smallest absolute Gasteiger partial charge is 0.337 e. The summed E-state index contributed by atoms with van der Waals surface area (Å²) in [4.78, 5) is 22.3. The Morgan fingerprint density at radius 3 is 2.15 bits per heavy atom. The average Bonchev–Trinajstić information content (AvgIpc) is 2.38. The van der Waals surface area contributed by atoms with Gasteiger partial charge in [0.05, 0.1) is 22.5 Å². The summed E-state index contributed by atoms with van der Waals surface area (Å²) in [5.41, 5.74) is 0.885. The lowest BCUT2D eigenvalue weighted by atomic mass is 10.1. The van der Waals surface area contributed by atoms with Crippen LogP contribution >= 0.6 is 22.6 Å². The first-order valence-corrected chi connectivity index (χ1v) is 6.69. The van der Waals surface area contributed by atoms with Gasteiger partial charge in [-0.2, -0.15) is 0 Å². The summed E-state index contributed by atoms with van der Waals surface area (Å²) in [5.74, 6) is -2.15. The number of hydrogen-bond acceptors (Lipinski definition) is 3. The maximum absolute atomic E-state index is 11.2. The molecular formula is C14H10INO4. The molecule has 0 amide bonds. The molecule has 0 aliphatic carbocycles. The topological polar surface area (TPSA) is 86.6 Å². The van der Waals surface area contributed by atoms with E-state index < -0.39 is 11.9 Å². The molecule has 3 N–H and O–H groups in total. The van der Waals surface area contributed by atoms with E-state index in [1.54, 1.807) is 30.3 Å². The highest BCUT2D eigenvalue weighted by Gasteiger charge is 2.14. The summed E-state index contributed by atoms with van der Waals surface area (Å²) in [6, 6.07) is 11.2. The van der Waals surface area contributed by atoms with Crippen molar-refractivity contribution >= 4 is 45.9 Å². The molecule has 0 saturated carbocycles. The maximum atomic E-state index is 11.2. The molecule has 0 unspecified atom stereocenters. The van der Waals surface area contributed by atoms with E-state index >= 15 is 0 Å². The summed E-state index contributed by atoms with van der Waals surface area (Å²) in [6.45, 7) is 0. The number of rotatable bonds is 4. The monoisotopic (exact) mass is 383 g/mol. The molecule has 102 valence electrons. The van der Waals surface area contributed by atoms with Gasteiger partial charge >= 0.3 is 11.9 Å². The Morgan fingerprint density at radius 1 is 0.900 bits per heavy atom. The van der Waals surface area contributed by atoms with Gasteiger partial charge in [0, 0.05) is 3.57 Å². The van der Waals surface area contributed by atoms with Crippen molar-refractivity contribution in [2.24, 2.45) is 0 Å². The fourth-order valence-corrected chi connectivity index (χ4v) is 2.22. The lowest BCUT2D eigenvalue weighted by Crippen LogP contribution is -2.06. The molecule has 0 saturated heterocycles. The molecule has 0 spiro atoms. The third-order valence-corrected chi connectivity index (χ3v) is 3.31. The third kappa shape index (κ3) is 3.08. The lowest BCUT2D eigenvalue weighted by Gasteiger charge is -2.12. The van der Waals surface area contributed by atoms with Crippen LogP contribution in [0, 0.1) is 3.57 Å². The van der Waals surface area contributed by atoms with Gasteiger partial charge in [0.15, 0.2) is 0 Å². The van der Waals surface area contributed by atoms with Gasteiger partial charge in [0.1, 0.15) is 0 Å². The minimum Gasteiger partial charge on any atom is -0.478 e. The first-order chi connectivity index (χ1) is 9.49. The molecule has 0 fully saturated rings. The van der Waals surface area contributed by atoms with E-state index in [0.29, 0.717) is 11.4 Å². The van der Waals surface area contributed by atoms with Crippen molar-refractivity contribution in [3.8, 4) is 0 Å². The predicted octanol–water partition coefficient (Wildman–Crippen LogP) is 3.43. The minimum absolute atomic E-state index is 0.0858. The second-order valence-corrected chi connectivity index (χ2v) is 5.22. The van der Waals surface area contributed by atoms with Crippen molar-refractivity contribution in [3.05, 3.63) is 57.2 Å². The summed E-state index contributed by atoms with van der Waals surface area (Å²) >= 11 is 2.06. The number of hydrogen-bond donors (Lipinski definition) is 3. The second-order valence-electron chi connectivity index (χ2n) is 3.97. The number of nitrogens with one attached hydrogen (secondary N) is 1. The maximum Gasteiger partial charge on any atom is 0.337 e. The van der Waals surface area contributed by atoms with Gasteiger partial charge in [-0.25, -0.2) is 9.59 Å². The van der Waals surface area contributed by atoms with Gasteiger partial charge in [-0.05, 0) is 52.9 Å². The molecule has 2 aromatic rings. The number of anilines is 2. The molecule has 0 bridgehead atoms. The molecule has 5 nitrogen and oxygen atoms in total. The third-order valence-electron chi connectivity index (χ3n) is 2.64. The largest absolute Gasteiger partial charge is 0.478 e. The number of carboxylic acids is 2. The highest BCUT2D eigenvalue weighted by molar-refractivity contribution is 14.1. The average molecular weight is 383 g/mol. The normalized spacial score (nSPS) is 10.1. The van der Waals surface area contributed by atoms with Crippen molar-refractivity contribution in [2.75, 3.05) is 5.32 Å². The van der Waals surface area contributed by atoms with Crippen LogP contribution in [0.15, 0.2) is 42.5 Å². The summed E-state index contributed by atoms with van der Waals surface area (Å²) in [7, 11) is 0. The van der Waals surface area contributed by atoms with Crippen molar-refractivity contribution in [3.63, 3.8) is 0 Å². The van der Waals surface area contributed by atoms with Crippen molar-refractivity contribution in [1.82, 2.24) is 0 Å². The summed E-state index contributed by atoms with van der Waals surface area (Å²) in [6.07, 6.45) is 0. The van der Waals surface area contributed by atoms with E-state index in [0.717, 1.165) is 3.57 Å². The highest BCUT2D eigenvalue weighted by Crippen LogP contribution is 2.25. The van der Waals surface area contributed by atoms with E-state index in [1.165, 1.54) is 12.1 Å². The molecule has 2 aromatic carbocycles. The zero-order valence-corrected chi connectivity index (χ0v) is 12.3. The number of halogens is 1. The SMILES string of the molecule is O=C(O)c1ccccc1Nc1cc(I)ccc1C(=O)O. The molecular weight excluding hydrogens is 373 g/mol. The first-order valence-electron chi connectivity index (χ1n) is 5.61. The van der Waals surface area contributed by atoms with E-state index in [-0.39, 0.29) is 11.1 Å². The highest BCUT2D eigenvalue weighted by atomic mass is 127. The van der Waals surface area contributed by atoms with Crippen LogP contribution in [-0.4, -0.2) is 22.2 Å². The van der Waals surface area contributed by atoms with Crippen molar-refractivity contribution in [1.29, 1.82) is 0 Å². The minimum atomic E-state index is -1.07. The van der Waals surface area contributed by atoms with Crippen molar-refractivity contribution in [2.45, 2.75) is 0 Å².